The summed E-state index contributed by atoms with van der Waals surface area (Å²) in [6.07, 6.45) is 2.19. The van der Waals surface area contributed by atoms with Crippen molar-refractivity contribution in [2.45, 2.75) is 32.7 Å². The third-order valence-corrected chi connectivity index (χ3v) is 5.60. The molecular formula is C18H23N3OS. The second kappa shape index (κ2) is 6.81. The Morgan fingerprint density at radius 2 is 2.30 bits per heavy atom. The predicted molar refractivity (Wildman–Crippen MR) is 94.6 cm³/mol. The van der Waals surface area contributed by atoms with E-state index in [-0.39, 0.29) is 11.9 Å². The predicted octanol–water partition coefficient (Wildman–Crippen LogP) is 3.32. The van der Waals surface area contributed by atoms with Gasteiger partial charge in [0.05, 0.1) is 0 Å². The van der Waals surface area contributed by atoms with Crippen LogP contribution < -0.4 is 5.73 Å². The minimum atomic E-state index is 0.0853. The third kappa shape index (κ3) is 3.31. The number of nitrogens with zero attached hydrogens (tertiary/aromatic N) is 2. The van der Waals surface area contributed by atoms with E-state index < -0.39 is 0 Å². The highest BCUT2D eigenvalue weighted by atomic mass is 32.1. The molecule has 2 aromatic rings. The molecule has 2 N–H and O–H groups in total. The van der Waals surface area contributed by atoms with Crippen LogP contribution >= 0.6 is 11.3 Å². The maximum atomic E-state index is 13.0. The fraction of sp³-hybridized carbons (Fsp3) is 0.444. The SMILES string of the molecule is Cc1csc(-c2cccc(C(=O)N3CCC[C@@H](C)[C@@H]3CN)c2)n1. The van der Waals surface area contributed by atoms with Gasteiger partial charge in [-0.1, -0.05) is 19.1 Å². The highest BCUT2D eigenvalue weighted by molar-refractivity contribution is 7.13. The minimum absolute atomic E-state index is 0.0853. The van der Waals surface area contributed by atoms with Crippen LogP contribution in [0.25, 0.3) is 10.6 Å². The van der Waals surface area contributed by atoms with Gasteiger partial charge < -0.3 is 10.6 Å². The van der Waals surface area contributed by atoms with E-state index in [4.69, 9.17) is 5.73 Å². The normalized spacial score (nSPS) is 21.4. The summed E-state index contributed by atoms with van der Waals surface area (Å²) in [5.41, 5.74) is 8.66. The maximum Gasteiger partial charge on any atom is 0.254 e. The van der Waals surface area contributed by atoms with Crippen molar-refractivity contribution in [1.29, 1.82) is 0 Å². The van der Waals surface area contributed by atoms with Crippen molar-refractivity contribution in [3.8, 4) is 10.6 Å². The van der Waals surface area contributed by atoms with E-state index in [1.807, 2.05) is 41.5 Å². The van der Waals surface area contributed by atoms with Crippen LogP contribution in [0.1, 0.15) is 35.8 Å². The van der Waals surface area contributed by atoms with E-state index in [9.17, 15) is 4.79 Å². The van der Waals surface area contributed by atoms with Crippen molar-refractivity contribution in [3.63, 3.8) is 0 Å². The molecule has 3 rings (SSSR count). The van der Waals surface area contributed by atoms with Crippen molar-refractivity contribution >= 4 is 17.2 Å². The first-order chi connectivity index (χ1) is 11.1. The quantitative estimate of drug-likeness (QED) is 0.940. The number of amides is 1. The van der Waals surface area contributed by atoms with Crippen LogP contribution in [0, 0.1) is 12.8 Å². The summed E-state index contributed by atoms with van der Waals surface area (Å²) in [7, 11) is 0. The van der Waals surface area contributed by atoms with Crippen LogP contribution in [0.5, 0.6) is 0 Å². The van der Waals surface area contributed by atoms with Gasteiger partial charge in [0.15, 0.2) is 0 Å². The molecule has 1 aliphatic rings. The number of piperidine rings is 1. The number of carbonyl (C=O) groups is 1. The summed E-state index contributed by atoms with van der Waals surface area (Å²) in [6, 6.07) is 7.92. The van der Waals surface area contributed by atoms with Crippen LogP contribution in [-0.2, 0) is 0 Å². The lowest BCUT2D eigenvalue weighted by molar-refractivity contribution is 0.0532. The lowest BCUT2D eigenvalue weighted by Gasteiger charge is -2.39. The van der Waals surface area contributed by atoms with E-state index in [0.29, 0.717) is 12.5 Å². The number of aryl methyl sites for hydroxylation is 1. The second-order valence-corrected chi connectivity index (χ2v) is 7.15. The average Bonchev–Trinajstić information content (AvgIpc) is 3.00. The van der Waals surface area contributed by atoms with Crippen LogP contribution in [0.3, 0.4) is 0 Å². The smallest absolute Gasteiger partial charge is 0.254 e. The van der Waals surface area contributed by atoms with E-state index in [0.717, 1.165) is 41.2 Å². The van der Waals surface area contributed by atoms with Gasteiger partial charge >= 0.3 is 0 Å². The van der Waals surface area contributed by atoms with Gasteiger partial charge in [-0.3, -0.25) is 4.79 Å². The van der Waals surface area contributed by atoms with Crippen molar-refractivity contribution in [2.24, 2.45) is 11.7 Å². The molecule has 0 spiro atoms. The first-order valence-electron chi connectivity index (χ1n) is 8.13. The molecule has 2 heterocycles. The van der Waals surface area contributed by atoms with Crippen molar-refractivity contribution < 1.29 is 4.79 Å². The first kappa shape index (κ1) is 16.1. The molecule has 0 radical (unpaired) electrons. The molecule has 1 fully saturated rings. The zero-order chi connectivity index (χ0) is 16.4. The van der Waals surface area contributed by atoms with Gasteiger partial charge in [0.25, 0.3) is 5.91 Å². The topological polar surface area (TPSA) is 59.2 Å². The molecule has 4 nitrogen and oxygen atoms in total. The maximum absolute atomic E-state index is 13.0. The Kier molecular flexibility index (Phi) is 4.78. The summed E-state index contributed by atoms with van der Waals surface area (Å²) in [4.78, 5) is 19.4. The molecule has 0 saturated carbocycles. The van der Waals surface area contributed by atoms with Crippen molar-refractivity contribution in [2.75, 3.05) is 13.1 Å². The summed E-state index contributed by atoms with van der Waals surface area (Å²) in [5.74, 6) is 0.546. The Morgan fingerprint density at radius 1 is 1.48 bits per heavy atom. The molecule has 122 valence electrons. The molecule has 5 heteroatoms. The van der Waals surface area contributed by atoms with Gasteiger partial charge in [-0.2, -0.15) is 0 Å². The summed E-state index contributed by atoms with van der Waals surface area (Å²) < 4.78 is 0. The molecule has 0 bridgehead atoms. The Bertz CT molecular complexity index is 697. The molecule has 0 unspecified atom stereocenters. The largest absolute Gasteiger partial charge is 0.334 e. The van der Waals surface area contributed by atoms with Gasteiger partial charge in [-0.15, -0.1) is 11.3 Å². The lowest BCUT2D eigenvalue weighted by atomic mass is 9.90. The molecule has 1 aromatic heterocycles. The Morgan fingerprint density at radius 3 is 3.00 bits per heavy atom. The van der Waals surface area contributed by atoms with Crippen LogP contribution in [-0.4, -0.2) is 34.9 Å². The van der Waals surface area contributed by atoms with E-state index in [2.05, 4.69) is 11.9 Å². The number of thiazole rings is 1. The van der Waals surface area contributed by atoms with E-state index in [1.54, 1.807) is 11.3 Å². The number of likely N-dealkylation sites (tertiary alicyclic amines) is 1. The average molecular weight is 329 g/mol. The number of hydrogen-bond donors (Lipinski definition) is 1. The zero-order valence-corrected chi connectivity index (χ0v) is 14.5. The van der Waals surface area contributed by atoms with E-state index in [1.165, 1.54) is 0 Å². The Hall–Kier alpha value is -1.72. The molecule has 1 aromatic carbocycles. The Balaban J connectivity index is 1.87. The number of benzene rings is 1. The minimum Gasteiger partial charge on any atom is -0.334 e. The van der Waals surface area contributed by atoms with Gasteiger partial charge in [0.1, 0.15) is 5.01 Å². The lowest BCUT2D eigenvalue weighted by Crippen LogP contribution is -2.51. The standard InChI is InChI=1S/C18H23N3OS/c1-12-5-4-8-21(16(12)10-19)18(22)15-7-3-6-14(9-15)17-20-13(2)11-23-17/h3,6-7,9,11-12,16H,4-5,8,10,19H2,1-2H3/t12-,16+/m1/s1. The van der Waals surface area contributed by atoms with Crippen LogP contribution in [0.2, 0.25) is 0 Å². The monoisotopic (exact) mass is 329 g/mol. The van der Waals surface area contributed by atoms with Gasteiger partial charge in [-0.05, 0) is 37.8 Å². The summed E-state index contributed by atoms with van der Waals surface area (Å²) in [5, 5.41) is 2.99. The highest BCUT2D eigenvalue weighted by Crippen LogP contribution is 2.27. The number of rotatable bonds is 3. The molecule has 1 amide bonds. The van der Waals surface area contributed by atoms with E-state index >= 15 is 0 Å². The van der Waals surface area contributed by atoms with Gasteiger partial charge in [-0.25, -0.2) is 4.98 Å². The molecule has 0 aliphatic carbocycles. The van der Waals surface area contributed by atoms with Crippen LogP contribution in [0.15, 0.2) is 29.6 Å². The van der Waals surface area contributed by atoms with Crippen molar-refractivity contribution in [3.05, 3.63) is 40.9 Å². The number of aromatic nitrogens is 1. The number of carbonyl (C=O) groups excluding carboxylic acids is 1. The van der Waals surface area contributed by atoms with Gasteiger partial charge in [0.2, 0.25) is 0 Å². The fourth-order valence-electron chi connectivity index (χ4n) is 3.30. The first-order valence-corrected chi connectivity index (χ1v) is 9.01. The molecule has 1 aliphatic heterocycles. The number of nitrogens with two attached hydrogens (primary N) is 1. The highest BCUT2D eigenvalue weighted by Gasteiger charge is 2.31. The van der Waals surface area contributed by atoms with Crippen LogP contribution in [0.4, 0.5) is 0 Å². The summed E-state index contributed by atoms with van der Waals surface area (Å²) >= 11 is 1.61. The molecule has 1 saturated heterocycles. The molecule has 2 atom stereocenters. The Labute approximate surface area is 141 Å². The fourth-order valence-corrected chi connectivity index (χ4v) is 4.09. The second-order valence-electron chi connectivity index (χ2n) is 6.30. The number of hydrogen-bond acceptors (Lipinski definition) is 4. The van der Waals surface area contributed by atoms with Gasteiger partial charge in [0, 0.05) is 41.3 Å². The summed E-state index contributed by atoms with van der Waals surface area (Å²) in [6.45, 7) is 5.49. The third-order valence-electron chi connectivity index (χ3n) is 4.59. The molecular weight excluding hydrogens is 306 g/mol. The molecule has 23 heavy (non-hydrogen) atoms. The van der Waals surface area contributed by atoms with Crippen molar-refractivity contribution in [1.82, 2.24) is 9.88 Å². The zero-order valence-electron chi connectivity index (χ0n) is 13.7.